The van der Waals surface area contributed by atoms with Gasteiger partial charge in [0.15, 0.2) is 0 Å². The van der Waals surface area contributed by atoms with Crippen LogP contribution in [0.15, 0.2) is 23.5 Å². The Balaban J connectivity index is 1.75. The summed E-state index contributed by atoms with van der Waals surface area (Å²) in [6.45, 7) is 8.48. The van der Waals surface area contributed by atoms with Gasteiger partial charge in [-0.05, 0) is 33.6 Å². The van der Waals surface area contributed by atoms with E-state index in [4.69, 9.17) is 0 Å². The molecule has 0 amide bonds. The summed E-state index contributed by atoms with van der Waals surface area (Å²) in [6.07, 6.45) is 6.89. The molecule has 7 nitrogen and oxygen atoms in total. The molecule has 0 aromatic carbocycles. The van der Waals surface area contributed by atoms with Crippen molar-refractivity contribution in [1.29, 1.82) is 0 Å². The van der Waals surface area contributed by atoms with Gasteiger partial charge < -0.3 is 4.57 Å². The zero-order valence-electron chi connectivity index (χ0n) is 14.5. The van der Waals surface area contributed by atoms with E-state index in [0.29, 0.717) is 36.1 Å². The Morgan fingerprint density at radius 1 is 1.21 bits per heavy atom. The van der Waals surface area contributed by atoms with E-state index >= 15 is 0 Å². The molecule has 0 spiro atoms. The molecule has 2 aromatic heterocycles. The maximum absolute atomic E-state index is 12.9. The van der Waals surface area contributed by atoms with E-state index in [0.717, 1.165) is 25.2 Å². The molecule has 1 saturated heterocycles. The molecular weight excluding hydrogens is 326 g/mol. The summed E-state index contributed by atoms with van der Waals surface area (Å²) >= 11 is 0. The first-order valence-corrected chi connectivity index (χ1v) is 9.96. The molecule has 1 fully saturated rings. The number of nitrogens with zero attached hydrogens (tertiary/aromatic N) is 5. The van der Waals surface area contributed by atoms with Crippen LogP contribution in [-0.2, 0) is 23.1 Å². The van der Waals surface area contributed by atoms with E-state index in [1.54, 1.807) is 8.99 Å². The van der Waals surface area contributed by atoms with E-state index in [1.165, 1.54) is 6.20 Å². The highest BCUT2D eigenvalue weighted by molar-refractivity contribution is 7.89. The maximum Gasteiger partial charge on any atom is 0.246 e. The Morgan fingerprint density at radius 3 is 2.50 bits per heavy atom. The van der Waals surface area contributed by atoms with Crippen LogP contribution < -0.4 is 0 Å². The minimum absolute atomic E-state index is 0.325. The average molecular weight is 351 g/mol. The molecule has 0 radical (unpaired) electrons. The minimum atomic E-state index is -3.47. The molecule has 1 aliphatic rings. The zero-order valence-corrected chi connectivity index (χ0v) is 15.3. The van der Waals surface area contributed by atoms with Gasteiger partial charge in [-0.3, -0.25) is 4.68 Å². The third-order valence-corrected chi connectivity index (χ3v) is 6.88. The Labute approximate surface area is 143 Å². The number of sulfonamides is 1. The van der Waals surface area contributed by atoms with Crippen molar-refractivity contribution in [1.82, 2.24) is 23.6 Å². The molecule has 3 heterocycles. The maximum atomic E-state index is 12.9. The van der Waals surface area contributed by atoms with Gasteiger partial charge in [0.1, 0.15) is 10.7 Å². The lowest BCUT2D eigenvalue weighted by Gasteiger charge is -2.31. The predicted octanol–water partition coefficient (Wildman–Crippen LogP) is 2.00. The summed E-state index contributed by atoms with van der Waals surface area (Å²) in [6, 6.07) is 0. The van der Waals surface area contributed by atoms with Gasteiger partial charge in [-0.15, -0.1) is 0 Å². The van der Waals surface area contributed by atoms with E-state index < -0.39 is 10.0 Å². The smallest absolute Gasteiger partial charge is 0.246 e. The molecule has 1 aliphatic heterocycles. The highest BCUT2D eigenvalue weighted by Crippen LogP contribution is 2.30. The number of aryl methyl sites for hydroxylation is 2. The molecule has 0 aliphatic carbocycles. The number of piperidine rings is 1. The van der Waals surface area contributed by atoms with Crippen LogP contribution in [0.1, 0.15) is 44.1 Å². The third kappa shape index (κ3) is 2.88. The number of hydrogen-bond acceptors (Lipinski definition) is 4. The Morgan fingerprint density at radius 2 is 1.92 bits per heavy atom. The highest BCUT2D eigenvalue weighted by Gasteiger charge is 2.33. The van der Waals surface area contributed by atoms with Crippen LogP contribution in [-0.4, -0.2) is 45.1 Å². The first kappa shape index (κ1) is 17.2. The Bertz CT molecular complexity index is 800. The van der Waals surface area contributed by atoms with E-state index in [2.05, 4.69) is 21.6 Å². The quantitative estimate of drug-likeness (QED) is 0.826. The van der Waals surface area contributed by atoms with Crippen molar-refractivity contribution in [2.24, 2.45) is 0 Å². The lowest BCUT2D eigenvalue weighted by Crippen LogP contribution is -2.38. The SMILES string of the molecule is CCn1ccnc1C1CCN(S(=O)(=O)c2cnn(CC)c2C)CC1. The van der Waals surface area contributed by atoms with Gasteiger partial charge in [-0.1, -0.05) is 0 Å². The zero-order chi connectivity index (χ0) is 17.3. The number of hydrogen-bond donors (Lipinski definition) is 0. The monoisotopic (exact) mass is 351 g/mol. The van der Waals surface area contributed by atoms with Crippen LogP contribution in [0.5, 0.6) is 0 Å². The minimum Gasteiger partial charge on any atom is -0.335 e. The summed E-state index contributed by atoms with van der Waals surface area (Å²) < 4.78 is 31.3. The Hall–Kier alpha value is -1.67. The second-order valence-corrected chi connectivity index (χ2v) is 8.07. The van der Waals surface area contributed by atoms with Crippen LogP contribution >= 0.6 is 0 Å². The molecule has 24 heavy (non-hydrogen) atoms. The lowest BCUT2D eigenvalue weighted by atomic mass is 9.97. The predicted molar refractivity (Wildman–Crippen MR) is 91.3 cm³/mol. The fourth-order valence-electron chi connectivity index (χ4n) is 3.44. The molecule has 2 aromatic rings. The van der Waals surface area contributed by atoms with Crippen LogP contribution in [0, 0.1) is 6.92 Å². The average Bonchev–Trinajstić information content (AvgIpc) is 3.21. The van der Waals surface area contributed by atoms with Gasteiger partial charge in [0.05, 0.1) is 11.9 Å². The molecule has 0 N–H and O–H groups in total. The third-order valence-electron chi connectivity index (χ3n) is 4.88. The van der Waals surface area contributed by atoms with Gasteiger partial charge in [-0.25, -0.2) is 13.4 Å². The van der Waals surface area contributed by atoms with Crippen LogP contribution in [0.25, 0.3) is 0 Å². The van der Waals surface area contributed by atoms with Crippen molar-refractivity contribution in [3.05, 3.63) is 30.1 Å². The number of aromatic nitrogens is 4. The van der Waals surface area contributed by atoms with Crippen molar-refractivity contribution in [3.63, 3.8) is 0 Å². The van der Waals surface area contributed by atoms with Crippen LogP contribution in [0.4, 0.5) is 0 Å². The van der Waals surface area contributed by atoms with Gasteiger partial charge in [0.2, 0.25) is 10.0 Å². The number of imidazole rings is 1. The molecule has 132 valence electrons. The van der Waals surface area contributed by atoms with Crippen molar-refractivity contribution in [3.8, 4) is 0 Å². The van der Waals surface area contributed by atoms with Gasteiger partial charge in [-0.2, -0.15) is 9.40 Å². The number of rotatable bonds is 5. The largest absolute Gasteiger partial charge is 0.335 e. The van der Waals surface area contributed by atoms with Crippen molar-refractivity contribution < 1.29 is 8.42 Å². The molecule has 0 saturated carbocycles. The van der Waals surface area contributed by atoms with Crippen LogP contribution in [0.2, 0.25) is 0 Å². The molecule has 8 heteroatoms. The molecule has 0 atom stereocenters. The Kier molecular flexibility index (Phi) is 4.78. The fourth-order valence-corrected chi connectivity index (χ4v) is 5.07. The second kappa shape index (κ2) is 6.68. The van der Waals surface area contributed by atoms with Gasteiger partial charge >= 0.3 is 0 Å². The van der Waals surface area contributed by atoms with Crippen molar-refractivity contribution in [2.45, 2.75) is 57.5 Å². The second-order valence-electron chi connectivity index (χ2n) is 6.16. The topological polar surface area (TPSA) is 73.0 Å². The summed E-state index contributed by atoms with van der Waals surface area (Å²) in [5, 5.41) is 4.17. The van der Waals surface area contributed by atoms with Crippen LogP contribution in [0.3, 0.4) is 0 Å². The summed E-state index contributed by atoms with van der Waals surface area (Å²) in [5.74, 6) is 1.40. The fraction of sp³-hybridized carbons (Fsp3) is 0.625. The van der Waals surface area contributed by atoms with E-state index in [9.17, 15) is 8.42 Å². The summed E-state index contributed by atoms with van der Waals surface area (Å²) in [4.78, 5) is 4.80. The molecule has 0 unspecified atom stereocenters. The summed E-state index contributed by atoms with van der Waals surface area (Å²) in [7, 11) is -3.47. The first-order chi connectivity index (χ1) is 11.5. The van der Waals surface area contributed by atoms with E-state index in [-0.39, 0.29) is 0 Å². The molecule has 3 rings (SSSR count). The van der Waals surface area contributed by atoms with Crippen molar-refractivity contribution in [2.75, 3.05) is 13.1 Å². The van der Waals surface area contributed by atoms with Crippen molar-refractivity contribution >= 4 is 10.0 Å². The van der Waals surface area contributed by atoms with Gasteiger partial charge in [0, 0.05) is 44.5 Å². The standard InChI is InChI=1S/C16H25N5O2S/c1-4-19-11-8-17-16(19)14-6-9-20(10-7-14)24(22,23)15-12-18-21(5-2)13(15)3/h8,11-12,14H,4-7,9-10H2,1-3H3. The highest BCUT2D eigenvalue weighted by atomic mass is 32.2. The summed E-state index contributed by atoms with van der Waals surface area (Å²) in [5.41, 5.74) is 0.709. The normalized spacial score (nSPS) is 17.5. The lowest BCUT2D eigenvalue weighted by molar-refractivity contribution is 0.309. The van der Waals surface area contributed by atoms with Gasteiger partial charge in [0.25, 0.3) is 0 Å². The first-order valence-electron chi connectivity index (χ1n) is 8.52. The molecule has 0 bridgehead atoms. The molecular formula is C16H25N5O2S. The van der Waals surface area contributed by atoms with E-state index in [1.807, 2.05) is 26.2 Å².